The van der Waals surface area contributed by atoms with Gasteiger partial charge in [-0.05, 0) is 19.3 Å². The molecule has 1 N–H and O–H groups in total. The summed E-state index contributed by atoms with van der Waals surface area (Å²) in [7, 11) is 0. The number of alkyl halides is 1. The van der Waals surface area contributed by atoms with Crippen molar-refractivity contribution in [2.45, 2.75) is 31.8 Å². The minimum Gasteiger partial charge on any atom is -0.391 e. The number of aliphatic hydroxyl groups is 1. The second-order valence-corrected chi connectivity index (χ2v) is 3.81. The van der Waals surface area contributed by atoms with Crippen molar-refractivity contribution < 1.29 is 9.90 Å². The Morgan fingerprint density at radius 1 is 1.62 bits per heavy atom. The van der Waals surface area contributed by atoms with Crippen LogP contribution >= 0.6 is 11.6 Å². The maximum Gasteiger partial charge on any atom is 0.222 e. The number of amides is 1. The average molecular weight is 206 g/mol. The number of rotatable bonds is 3. The molecule has 0 saturated carbocycles. The van der Waals surface area contributed by atoms with Crippen molar-refractivity contribution >= 4 is 17.5 Å². The maximum atomic E-state index is 11.5. The van der Waals surface area contributed by atoms with Crippen molar-refractivity contribution in [1.29, 1.82) is 0 Å². The minimum atomic E-state index is -0.325. The van der Waals surface area contributed by atoms with Gasteiger partial charge in [-0.25, -0.2) is 0 Å². The van der Waals surface area contributed by atoms with Gasteiger partial charge in [0.15, 0.2) is 0 Å². The average Bonchev–Trinajstić information content (AvgIpc) is 2.14. The van der Waals surface area contributed by atoms with E-state index in [1.54, 1.807) is 4.90 Å². The van der Waals surface area contributed by atoms with Crippen LogP contribution in [0.15, 0.2) is 0 Å². The highest BCUT2D eigenvalue weighted by Gasteiger charge is 2.21. The zero-order chi connectivity index (χ0) is 9.68. The number of halogens is 1. The van der Waals surface area contributed by atoms with Gasteiger partial charge < -0.3 is 10.0 Å². The van der Waals surface area contributed by atoms with Gasteiger partial charge in [-0.2, -0.15) is 0 Å². The van der Waals surface area contributed by atoms with Crippen LogP contribution in [0, 0.1) is 0 Å². The number of likely N-dealkylation sites (tertiary alicyclic amines) is 1. The van der Waals surface area contributed by atoms with Gasteiger partial charge in [0, 0.05) is 25.4 Å². The number of aliphatic hydroxyl groups excluding tert-OH is 1. The Hall–Kier alpha value is -0.280. The van der Waals surface area contributed by atoms with E-state index in [2.05, 4.69) is 0 Å². The van der Waals surface area contributed by atoms with Gasteiger partial charge >= 0.3 is 0 Å². The largest absolute Gasteiger partial charge is 0.391 e. The quantitative estimate of drug-likeness (QED) is 0.699. The third kappa shape index (κ3) is 3.53. The van der Waals surface area contributed by atoms with E-state index in [-0.39, 0.29) is 12.0 Å². The molecule has 0 aromatic rings. The summed E-state index contributed by atoms with van der Waals surface area (Å²) in [6.07, 6.45) is 2.64. The van der Waals surface area contributed by atoms with E-state index in [9.17, 15) is 9.90 Å². The van der Waals surface area contributed by atoms with Crippen molar-refractivity contribution in [3.8, 4) is 0 Å². The Balaban J connectivity index is 2.28. The molecule has 1 aliphatic heterocycles. The van der Waals surface area contributed by atoms with Crippen molar-refractivity contribution in [1.82, 2.24) is 4.90 Å². The summed E-state index contributed by atoms with van der Waals surface area (Å²) in [6.45, 7) is 1.29. The maximum absolute atomic E-state index is 11.5. The van der Waals surface area contributed by atoms with Crippen LogP contribution in [0.2, 0.25) is 0 Å². The van der Waals surface area contributed by atoms with Crippen LogP contribution in [0.3, 0.4) is 0 Å². The molecule has 1 fully saturated rings. The highest BCUT2D eigenvalue weighted by molar-refractivity contribution is 6.17. The lowest BCUT2D eigenvalue weighted by Crippen LogP contribution is -2.42. The van der Waals surface area contributed by atoms with Crippen LogP contribution in [0.1, 0.15) is 25.7 Å². The molecule has 76 valence electrons. The Kier molecular flexibility index (Phi) is 4.53. The van der Waals surface area contributed by atoms with Crippen molar-refractivity contribution in [3.05, 3.63) is 0 Å². The first kappa shape index (κ1) is 10.8. The highest BCUT2D eigenvalue weighted by atomic mass is 35.5. The van der Waals surface area contributed by atoms with E-state index < -0.39 is 0 Å². The van der Waals surface area contributed by atoms with Gasteiger partial charge in [-0.15, -0.1) is 11.6 Å². The lowest BCUT2D eigenvalue weighted by atomic mass is 10.1. The molecule has 0 spiro atoms. The molecule has 0 radical (unpaired) electrons. The first-order chi connectivity index (χ1) is 6.24. The summed E-state index contributed by atoms with van der Waals surface area (Å²) in [5.74, 6) is 0.654. The monoisotopic (exact) mass is 205 g/mol. The third-order valence-electron chi connectivity index (χ3n) is 2.27. The fraction of sp³-hybridized carbons (Fsp3) is 0.889. The molecule has 1 atom stereocenters. The lowest BCUT2D eigenvalue weighted by molar-refractivity contribution is -0.134. The Morgan fingerprint density at radius 2 is 2.38 bits per heavy atom. The molecule has 0 aliphatic carbocycles. The fourth-order valence-corrected chi connectivity index (χ4v) is 1.69. The Morgan fingerprint density at radius 3 is 3.00 bits per heavy atom. The van der Waals surface area contributed by atoms with Gasteiger partial charge in [-0.1, -0.05) is 0 Å². The minimum absolute atomic E-state index is 0.124. The smallest absolute Gasteiger partial charge is 0.222 e. The molecular weight excluding hydrogens is 190 g/mol. The Bertz CT molecular complexity index is 175. The molecule has 4 heteroatoms. The predicted molar refractivity (Wildman–Crippen MR) is 51.8 cm³/mol. The van der Waals surface area contributed by atoms with Crippen LogP contribution in [-0.4, -0.2) is 41.0 Å². The molecule has 1 aliphatic rings. The van der Waals surface area contributed by atoms with Gasteiger partial charge in [-0.3, -0.25) is 4.79 Å². The molecule has 0 aromatic carbocycles. The van der Waals surface area contributed by atoms with E-state index in [4.69, 9.17) is 11.6 Å². The summed E-state index contributed by atoms with van der Waals surface area (Å²) in [5, 5.41) is 9.33. The molecule has 13 heavy (non-hydrogen) atoms. The van der Waals surface area contributed by atoms with E-state index >= 15 is 0 Å². The van der Waals surface area contributed by atoms with Crippen molar-refractivity contribution in [3.63, 3.8) is 0 Å². The number of carbonyl (C=O) groups excluding carboxylic acids is 1. The second-order valence-electron chi connectivity index (χ2n) is 3.43. The first-order valence-corrected chi connectivity index (χ1v) is 5.29. The molecule has 1 heterocycles. The summed E-state index contributed by atoms with van der Waals surface area (Å²) in [5.41, 5.74) is 0. The van der Waals surface area contributed by atoms with Crippen molar-refractivity contribution in [2.24, 2.45) is 0 Å². The number of carbonyl (C=O) groups is 1. The molecule has 0 bridgehead atoms. The number of nitrogens with zero attached hydrogens (tertiary/aromatic N) is 1. The number of hydrogen-bond acceptors (Lipinski definition) is 2. The molecule has 1 amide bonds. The van der Waals surface area contributed by atoms with Gasteiger partial charge in [0.25, 0.3) is 0 Å². The van der Waals surface area contributed by atoms with Crippen LogP contribution in [0.5, 0.6) is 0 Å². The lowest BCUT2D eigenvalue weighted by Gasteiger charge is -2.30. The number of β-amino-alcohol motifs (C(OH)–C–C–N with tert-alkyl or cyclic N) is 1. The highest BCUT2D eigenvalue weighted by Crippen LogP contribution is 2.11. The summed E-state index contributed by atoms with van der Waals surface area (Å²) < 4.78 is 0. The molecule has 1 saturated heterocycles. The van der Waals surface area contributed by atoms with Crippen molar-refractivity contribution in [2.75, 3.05) is 19.0 Å². The zero-order valence-corrected chi connectivity index (χ0v) is 8.46. The van der Waals surface area contributed by atoms with E-state index in [0.29, 0.717) is 18.8 Å². The molecule has 0 aromatic heterocycles. The van der Waals surface area contributed by atoms with Crippen LogP contribution < -0.4 is 0 Å². The number of hydrogen-bond donors (Lipinski definition) is 1. The van der Waals surface area contributed by atoms with Gasteiger partial charge in [0.1, 0.15) is 0 Å². The normalized spacial score (nSPS) is 23.2. The van der Waals surface area contributed by atoms with Gasteiger partial charge in [0.2, 0.25) is 5.91 Å². The second kappa shape index (κ2) is 5.45. The first-order valence-electron chi connectivity index (χ1n) is 4.76. The summed E-state index contributed by atoms with van der Waals surface area (Å²) >= 11 is 5.49. The van der Waals surface area contributed by atoms with Crippen LogP contribution in [-0.2, 0) is 4.79 Å². The SMILES string of the molecule is O=C(CCCCl)N1CCCC(O)C1. The fourth-order valence-electron chi connectivity index (χ4n) is 1.56. The van der Waals surface area contributed by atoms with E-state index in [1.165, 1.54) is 0 Å². The Labute approximate surface area is 83.7 Å². The molecular formula is C9H16ClNO2. The molecule has 1 unspecified atom stereocenters. The third-order valence-corrected chi connectivity index (χ3v) is 2.54. The summed E-state index contributed by atoms with van der Waals surface area (Å²) in [4.78, 5) is 13.2. The van der Waals surface area contributed by atoms with E-state index in [1.807, 2.05) is 0 Å². The van der Waals surface area contributed by atoms with Crippen LogP contribution in [0.25, 0.3) is 0 Å². The molecule has 1 rings (SSSR count). The topological polar surface area (TPSA) is 40.5 Å². The predicted octanol–water partition coefficient (Wildman–Crippen LogP) is 0.989. The number of piperidine rings is 1. The molecule has 3 nitrogen and oxygen atoms in total. The van der Waals surface area contributed by atoms with E-state index in [0.717, 1.165) is 25.8 Å². The standard InChI is InChI=1S/C9H16ClNO2/c10-5-1-4-9(13)11-6-2-3-8(12)7-11/h8,12H,1-7H2. The zero-order valence-electron chi connectivity index (χ0n) is 7.71. The van der Waals surface area contributed by atoms with Crippen LogP contribution in [0.4, 0.5) is 0 Å². The van der Waals surface area contributed by atoms with Gasteiger partial charge in [0.05, 0.1) is 6.10 Å². The summed E-state index contributed by atoms with van der Waals surface area (Å²) in [6, 6.07) is 0.